The lowest BCUT2D eigenvalue weighted by molar-refractivity contribution is 0.161. The van der Waals surface area contributed by atoms with E-state index in [1.54, 1.807) is 0 Å². The predicted octanol–water partition coefficient (Wildman–Crippen LogP) is 3.37. The van der Waals surface area contributed by atoms with Crippen LogP contribution in [0.1, 0.15) is 36.0 Å². The third-order valence-corrected chi connectivity index (χ3v) is 4.01. The number of likely N-dealkylation sites (tertiary alicyclic amines) is 1. The molecule has 1 aliphatic rings. The van der Waals surface area contributed by atoms with Gasteiger partial charge in [-0.15, -0.1) is 0 Å². The van der Waals surface area contributed by atoms with E-state index < -0.39 is 0 Å². The topological polar surface area (TPSA) is 36.3 Å². The van der Waals surface area contributed by atoms with Gasteiger partial charge in [-0.3, -0.25) is 4.90 Å². The highest BCUT2D eigenvalue weighted by Gasteiger charge is 2.22. The van der Waals surface area contributed by atoms with Crippen molar-refractivity contribution in [3.63, 3.8) is 0 Å². The summed E-state index contributed by atoms with van der Waals surface area (Å²) in [6.07, 6.45) is 3.03. The van der Waals surface area contributed by atoms with Crippen molar-refractivity contribution < 1.29 is 4.74 Å². The molecule has 0 aliphatic carbocycles. The molecule has 0 amide bonds. The number of aryl methyl sites for hydroxylation is 3. The highest BCUT2D eigenvalue weighted by Crippen LogP contribution is 2.25. The molecule has 0 radical (unpaired) electrons. The SMILES string of the molecule is Cc1cc(C)c(OCC(CC#N)N2CCCC2)c(C)c1. The average Bonchev–Trinajstić information content (AvgIpc) is 2.89. The van der Waals surface area contributed by atoms with Crippen LogP contribution in [0.4, 0.5) is 0 Å². The Hall–Kier alpha value is -1.53. The molecule has 1 heterocycles. The van der Waals surface area contributed by atoms with Gasteiger partial charge in [0.15, 0.2) is 0 Å². The van der Waals surface area contributed by atoms with Crippen LogP contribution in [0, 0.1) is 32.1 Å². The fraction of sp³-hybridized carbons (Fsp3) is 0.588. The quantitative estimate of drug-likeness (QED) is 0.824. The molecule has 1 unspecified atom stereocenters. The van der Waals surface area contributed by atoms with Crippen LogP contribution in [0.2, 0.25) is 0 Å². The molecular formula is C17H24N2O. The van der Waals surface area contributed by atoms with E-state index in [0.717, 1.165) is 18.8 Å². The van der Waals surface area contributed by atoms with E-state index in [9.17, 15) is 0 Å². The smallest absolute Gasteiger partial charge is 0.125 e. The van der Waals surface area contributed by atoms with Gasteiger partial charge in [0.2, 0.25) is 0 Å². The summed E-state index contributed by atoms with van der Waals surface area (Å²) in [5, 5.41) is 9.01. The van der Waals surface area contributed by atoms with Gasteiger partial charge in [0, 0.05) is 0 Å². The van der Waals surface area contributed by atoms with Crippen molar-refractivity contribution in [1.82, 2.24) is 4.90 Å². The van der Waals surface area contributed by atoms with Crippen molar-refractivity contribution in [3.8, 4) is 11.8 Å². The lowest BCUT2D eigenvalue weighted by atomic mass is 10.1. The van der Waals surface area contributed by atoms with Gasteiger partial charge in [-0.1, -0.05) is 17.7 Å². The van der Waals surface area contributed by atoms with Gasteiger partial charge in [0.25, 0.3) is 0 Å². The summed E-state index contributed by atoms with van der Waals surface area (Å²) < 4.78 is 6.06. The van der Waals surface area contributed by atoms with Crippen LogP contribution >= 0.6 is 0 Å². The molecule has 1 atom stereocenters. The molecule has 1 aliphatic heterocycles. The van der Waals surface area contributed by atoms with Gasteiger partial charge >= 0.3 is 0 Å². The maximum atomic E-state index is 9.01. The van der Waals surface area contributed by atoms with Crippen molar-refractivity contribution in [2.75, 3.05) is 19.7 Å². The molecule has 0 aromatic heterocycles. The molecule has 20 heavy (non-hydrogen) atoms. The fourth-order valence-electron chi connectivity index (χ4n) is 3.08. The third-order valence-electron chi connectivity index (χ3n) is 4.01. The number of benzene rings is 1. The first-order chi connectivity index (χ1) is 9.61. The van der Waals surface area contributed by atoms with Crippen molar-refractivity contribution in [3.05, 3.63) is 28.8 Å². The van der Waals surface area contributed by atoms with Crippen molar-refractivity contribution in [2.45, 2.75) is 46.1 Å². The zero-order valence-electron chi connectivity index (χ0n) is 12.8. The molecule has 0 N–H and O–H groups in total. The minimum absolute atomic E-state index is 0.225. The van der Waals surface area contributed by atoms with E-state index in [-0.39, 0.29) is 6.04 Å². The minimum atomic E-state index is 0.225. The van der Waals surface area contributed by atoms with Gasteiger partial charge in [-0.2, -0.15) is 5.26 Å². The second-order valence-electron chi connectivity index (χ2n) is 5.80. The molecule has 3 heteroatoms. The maximum absolute atomic E-state index is 9.01. The van der Waals surface area contributed by atoms with Crippen LogP contribution in [0.3, 0.4) is 0 Å². The standard InChI is InChI=1S/C17H24N2O/c1-13-10-14(2)17(15(3)11-13)20-12-16(6-7-18)19-8-4-5-9-19/h10-11,16H,4-6,8-9,12H2,1-3H3. The predicted molar refractivity (Wildman–Crippen MR) is 81.0 cm³/mol. The van der Waals surface area contributed by atoms with Gasteiger partial charge in [-0.25, -0.2) is 0 Å². The van der Waals surface area contributed by atoms with E-state index in [2.05, 4.69) is 43.9 Å². The molecule has 3 nitrogen and oxygen atoms in total. The number of rotatable bonds is 5. The summed E-state index contributed by atoms with van der Waals surface area (Å²) in [6, 6.07) is 6.82. The molecule has 0 bridgehead atoms. The lowest BCUT2D eigenvalue weighted by Crippen LogP contribution is -2.37. The summed E-state index contributed by atoms with van der Waals surface area (Å²) >= 11 is 0. The molecule has 2 rings (SSSR count). The van der Waals surface area contributed by atoms with Crippen molar-refractivity contribution >= 4 is 0 Å². The minimum Gasteiger partial charge on any atom is -0.491 e. The Morgan fingerprint density at radius 1 is 1.20 bits per heavy atom. The summed E-state index contributed by atoms with van der Waals surface area (Å²) in [5.41, 5.74) is 3.62. The highest BCUT2D eigenvalue weighted by molar-refractivity contribution is 5.42. The zero-order chi connectivity index (χ0) is 14.5. The molecular weight excluding hydrogens is 248 g/mol. The summed E-state index contributed by atoms with van der Waals surface area (Å²) in [4.78, 5) is 2.39. The second kappa shape index (κ2) is 6.76. The first-order valence-corrected chi connectivity index (χ1v) is 7.43. The highest BCUT2D eigenvalue weighted by atomic mass is 16.5. The van der Waals surface area contributed by atoms with Gasteiger partial charge in [-0.05, 0) is 57.8 Å². The maximum Gasteiger partial charge on any atom is 0.125 e. The zero-order valence-corrected chi connectivity index (χ0v) is 12.8. The van der Waals surface area contributed by atoms with Crippen LogP contribution < -0.4 is 4.74 Å². The van der Waals surface area contributed by atoms with E-state index in [4.69, 9.17) is 10.00 Å². The summed E-state index contributed by atoms with van der Waals surface area (Å²) in [6.45, 7) is 9.09. The lowest BCUT2D eigenvalue weighted by Gasteiger charge is -2.26. The molecule has 1 aromatic rings. The first-order valence-electron chi connectivity index (χ1n) is 7.43. The van der Waals surface area contributed by atoms with Crippen LogP contribution in [0.5, 0.6) is 5.75 Å². The number of hydrogen-bond donors (Lipinski definition) is 0. The van der Waals surface area contributed by atoms with E-state index in [1.165, 1.54) is 29.5 Å². The fourth-order valence-corrected chi connectivity index (χ4v) is 3.08. The van der Waals surface area contributed by atoms with Crippen LogP contribution in [-0.4, -0.2) is 30.6 Å². The van der Waals surface area contributed by atoms with Gasteiger partial charge in [0.1, 0.15) is 12.4 Å². The Morgan fingerprint density at radius 2 is 1.80 bits per heavy atom. The van der Waals surface area contributed by atoms with Crippen LogP contribution in [-0.2, 0) is 0 Å². The van der Waals surface area contributed by atoms with E-state index >= 15 is 0 Å². The van der Waals surface area contributed by atoms with Crippen LogP contribution in [0.15, 0.2) is 12.1 Å². The number of nitrogens with zero attached hydrogens (tertiary/aromatic N) is 2. The van der Waals surface area contributed by atoms with Crippen molar-refractivity contribution in [1.29, 1.82) is 5.26 Å². The van der Waals surface area contributed by atoms with Crippen LogP contribution in [0.25, 0.3) is 0 Å². The van der Waals surface area contributed by atoms with Crippen molar-refractivity contribution in [2.24, 2.45) is 0 Å². The molecule has 108 valence electrons. The van der Waals surface area contributed by atoms with E-state index in [1.807, 2.05) is 0 Å². The number of ether oxygens (including phenoxy) is 1. The first kappa shape index (κ1) is 14.9. The number of nitriles is 1. The Labute approximate surface area is 122 Å². The molecule has 0 saturated carbocycles. The number of hydrogen-bond acceptors (Lipinski definition) is 3. The Balaban J connectivity index is 2.04. The summed E-state index contributed by atoms with van der Waals surface area (Å²) in [5.74, 6) is 0.984. The second-order valence-corrected chi connectivity index (χ2v) is 5.80. The molecule has 1 saturated heterocycles. The largest absolute Gasteiger partial charge is 0.491 e. The molecule has 0 spiro atoms. The van der Waals surface area contributed by atoms with E-state index in [0.29, 0.717) is 13.0 Å². The van der Waals surface area contributed by atoms with Gasteiger partial charge in [0.05, 0.1) is 18.5 Å². The monoisotopic (exact) mass is 272 g/mol. The van der Waals surface area contributed by atoms with Gasteiger partial charge < -0.3 is 4.74 Å². The molecule has 1 aromatic carbocycles. The Bertz CT molecular complexity index is 475. The third kappa shape index (κ3) is 3.52. The average molecular weight is 272 g/mol. The Morgan fingerprint density at radius 3 is 2.35 bits per heavy atom. The summed E-state index contributed by atoms with van der Waals surface area (Å²) in [7, 11) is 0. The molecule has 1 fully saturated rings. The Kier molecular flexibility index (Phi) is 5.03. The normalized spacial score (nSPS) is 16.9.